The molecule has 136 valence electrons. The summed E-state index contributed by atoms with van der Waals surface area (Å²) in [6, 6.07) is 14.1. The Kier molecular flexibility index (Phi) is 4.53. The maximum atomic E-state index is 12.8. The normalized spacial score (nSPS) is 22.3. The number of rotatable bonds is 3. The van der Waals surface area contributed by atoms with Gasteiger partial charge in [-0.05, 0) is 41.7 Å². The van der Waals surface area contributed by atoms with Gasteiger partial charge in [-0.15, -0.1) is 0 Å². The highest BCUT2D eigenvalue weighted by Gasteiger charge is 2.37. The van der Waals surface area contributed by atoms with Crippen LogP contribution in [-0.4, -0.2) is 53.9 Å². The van der Waals surface area contributed by atoms with E-state index < -0.39 is 0 Å². The first-order chi connectivity index (χ1) is 12.6. The van der Waals surface area contributed by atoms with E-state index in [2.05, 4.69) is 6.07 Å². The van der Waals surface area contributed by atoms with Gasteiger partial charge in [-0.25, -0.2) is 0 Å². The molecule has 0 N–H and O–H groups in total. The third-order valence-corrected chi connectivity index (χ3v) is 5.56. The smallest absolute Gasteiger partial charge is 0.260 e. The molecule has 0 radical (unpaired) electrons. The number of nitrogens with zero attached hydrogens (tertiary/aromatic N) is 2. The lowest BCUT2D eigenvalue weighted by atomic mass is 9.95. The van der Waals surface area contributed by atoms with Crippen LogP contribution in [0.5, 0.6) is 5.75 Å². The predicted molar refractivity (Wildman–Crippen MR) is 99.9 cm³/mol. The SMILES string of the molecule is CC(=O)N1C[C@H]2CC[C@@H](C1)N(C(=O)COc1ccc3ccccc3c1)C2. The first-order valence-corrected chi connectivity index (χ1v) is 9.27. The molecule has 2 atom stereocenters. The molecule has 2 aromatic rings. The summed E-state index contributed by atoms with van der Waals surface area (Å²) in [5.41, 5.74) is 0. The number of carbonyl (C=O) groups excluding carboxylic acids is 2. The van der Waals surface area contributed by atoms with Crippen molar-refractivity contribution in [2.45, 2.75) is 25.8 Å². The van der Waals surface area contributed by atoms with E-state index in [4.69, 9.17) is 4.74 Å². The highest BCUT2D eigenvalue weighted by Crippen LogP contribution is 2.28. The van der Waals surface area contributed by atoms with E-state index in [-0.39, 0.29) is 24.5 Å². The highest BCUT2D eigenvalue weighted by molar-refractivity contribution is 5.84. The number of amides is 2. The number of piperidine rings is 1. The molecule has 3 aliphatic heterocycles. The van der Waals surface area contributed by atoms with Gasteiger partial charge >= 0.3 is 0 Å². The molecule has 5 heteroatoms. The van der Waals surface area contributed by atoms with Gasteiger partial charge in [-0.2, -0.15) is 0 Å². The van der Waals surface area contributed by atoms with Crippen molar-refractivity contribution in [3.8, 4) is 5.75 Å². The number of hydrogen-bond acceptors (Lipinski definition) is 3. The van der Waals surface area contributed by atoms with Gasteiger partial charge in [0.1, 0.15) is 5.75 Å². The zero-order valence-corrected chi connectivity index (χ0v) is 15.1. The van der Waals surface area contributed by atoms with Gasteiger partial charge in [-0.3, -0.25) is 9.59 Å². The quantitative estimate of drug-likeness (QED) is 0.853. The van der Waals surface area contributed by atoms with Crippen molar-refractivity contribution in [1.82, 2.24) is 9.80 Å². The summed E-state index contributed by atoms with van der Waals surface area (Å²) in [5, 5.41) is 2.25. The molecule has 0 aromatic heterocycles. The zero-order valence-electron chi connectivity index (χ0n) is 15.1. The Morgan fingerprint density at radius 3 is 2.65 bits per heavy atom. The molecule has 0 unspecified atom stereocenters. The van der Waals surface area contributed by atoms with Gasteiger partial charge in [0, 0.05) is 32.6 Å². The summed E-state index contributed by atoms with van der Waals surface area (Å²) in [4.78, 5) is 28.3. The third kappa shape index (κ3) is 3.39. The molecule has 2 aromatic carbocycles. The Balaban J connectivity index is 1.42. The fraction of sp³-hybridized carbons (Fsp3) is 0.429. The maximum absolute atomic E-state index is 12.8. The van der Waals surface area contributed by atoms with Gasteiger partial charge < -0.3 is 14.5 Å². The van der Waals surface area contributed by atoms with Crippen LogP contribution in [0.1, 0.15) is 19.8 Å². The van der Waals surface area contributed by atoms with Crippen molar-refractivity contribution in [1.29, 1.82) is 0 Å². The van der Waals surface area contributed by atoms with Crippen LogP contribution in [0.2, 0.25) is 0 Å². The molecule has 0 spiro atoms. The summed E-state index contributed by atoms with van der Waals surface area (Å²) in [7, 11) is 0. The second-order valence-electron chi connectivity index (χ2n) is 7.36. The van der Waals surface area contributed by atoms with Crippen molar-refractivity contribution in [2.24, 2.45) is 5.92 Å². The maximum Gasteiger partial charge on any atom is 0.260 e. The lowest BCUT2D eigenvalue weighted by molar-refractivity contribution is -0.138. The van der Waals surface area contributed by atoms with Crippen molar-refractivity contribution < 1.29 is 14.3 Å². The first kappa shape index (κ1) is 16.9. The molecular formula is C21H24N2O3. The van der Waals surface area contributed by atoms with Crippen LogP contribution in [0.4, 0.5) is 0 Å². The molecule has 2 amide bonds. The molecule has 3 fully saturated rings. The summed E-state index contributed by atoms with van der Waals surface area (Å²) in [5.74, 6) is 1.20. The van der Waals surface area contributed by atoms with Gasteiger partial charge in [0.25, 0.3) is 5.91 Å². The summed E-state index contributed by atoms with van der Waals surface area (Å²) < 4.78 is 5.78. The second kappa shape index (κ2) is 6.98. The van der Waals surface area contributed by atoms with Crippen LogP contribution in [0.25, 0.3) is 10.8 Å². The van der Waals surface area contributed by atoms with Crippen LogP contribution < -0.4 is 4.74 Å². The predicted octanol–water partition coefficient (Wildman–Crippen LogP) is 2.69. The topological polar surface area (TPSA) is 49.9 Å². The average molecular weight is 352 g/mol. The standard InChI is InChI=1S/C21H24N2O3/c1-15(24)22-11-16-6-8-19(13-22)23(12-16)21(25)14-26-20-9-7-17-4-2-3-5-18(17)10-20/h2-5,7,9-10,16,19H,6,8,11-14H2,1H3/t16-,19+/m1/s1. The first-order valence-electron chi connectivity index (χ1n) is 9.27. The average Bonchev–Trinajstić information content (AvgIpc) is 2.98. The molecular weight excluding hydrogens is 328 g/mol. The Hall–Kier alpha value is -2.56. The van der Waals surface area contributed by atoms with Crippen LogP contribution in [0.3, 0.4) is 0 Å². The van der Waals surface area contributed by atoms with E-state index in [9.17, 15) is 9.59 Å². The third-order valence-electron chi connectivity index (χ3n) is 5.56. The van der Waals surface area contributed by atoms with Crippen LogP contribution >= 0.6 is 0 Å². The number of fused-ring (bicyclic) bond motifs is 5. The fourth-order valence-corrected chi connectivity index (χ4v) is 4.13. The van der Waals surface area contributed by atoms with Crippen molar-refractivity contribution in [3.63, 3.8) is 0 Å². The lowest BCUT2D eigenvalue weighted by Gasteiger charge is -2.35. The van der Waals surface area contributed by atoms with E-state index in [0.29, 0.717) is 18.2 Å². The second-order valence-corrected chi connectivity index (χ2v) is 7.36. The largest absolute Gasteiger partial charge is 0.484 e. The number of ether oxygens (including phenoxy) is 1. The van der Waals surface area contributed by atoms with E-state index >= 15 is 0 Å². The molecule has 5 rings (SSSR count). The highest BCUT2D eigenvalue weighted by atomic mass is 16.5. The molecule has 26 heavy (non-hydrogen) atoms. The van der Waals surface area contributed by atoms with E-state index in [1.54, 1.807) is 6.92 Å². The fourth-order valence-electron chi connectivity index (χ4n) is 4.13. The van der Waals surface area contributed by atoms with Crippen molar-refractivity contribution in [3.05, 3.63) is 42.5 Å². The Labute approximate surface area is 153 Å². The van der Waals surface area contributed by atoms with E-state index in [1.807, 2.05) is 46.2 Å². The molecule has 3 heterocycles. The minimum absolute atomic E-state index is 0.0123. The van der Waals surface area contributed by atoms with Gasteiger partial charge in [0.15, 0.2) is 6.61 Å². The molecule has 3 saturated heterocycles. The Morgan fingerprint density at radius 1 is 1.04 bits per heavy atom. The summed E-state index contributed by atoms with van der Waals surface area (Å²) in [6.45, 7) is 3.80. The lowest BCUT2D eigenvalue weighted by Crippen LogP contribution is -2.49. The van der Waals surface area contributed by atoms with Gasteiger partial charge in [0.2, 0.25) is 5.91 Å². The van der Waals surface area contributed by atoms with Crippen molar-refractivity contribution in [2.75, 3.05) is 26.2 Å². The van der Waals surface area contributed by atoms with Crippen LogP contribution in [0, 0.1) is 5.92 Å². The Bertz CT molecular complexity index is 835. The van der Waals surface area contributed by atoms with E-state index in [0.717, 1.165) is 36.7 Å². The van der Waals surface area contributed by atoms with Crippen molar-refractivity contribution >= 4 is 22.6 Å². The molecule has 5 nitrogen and oxygen atoms in total. The van der Waals surface area contributed by atoms with E-state index in [1.165, 1.54) is 0 Å². The number of carbonyl (C=O) groups is 2. The van der Waals surface area contributed by atoms with Crippen LogP contribution in [-0.2, 0) is 9.59 Å². The zero-order chi connectivity index (χ0) is 18.1. The van der Waals surface area contributed by atoms with Gasteiger partial charge in [-0.1, -0.05) is 30.3 Å². The summed E-state index contributed by atoms with van der Waals surface area (Å²) >= 11 is 0. The summed E-state index contributed by atoms with van der Waals surface area (Å²) in [6.07, 6.45) is 2.06. The minimum atomic E-state index is 0.0123. The molecule has 0 aliphatic carbocycles. The monoisotopic (exact) mass is 352 g/mol. The minimum Gasteiger partial charge on any atom is -0.484 e. The van der Waals surface area contributed by atoms with Crippen LogP contribution in [0.15, 0.2) is 42.5 Å². The molecule has 3 aliphatic rings. The molecule has 0 saturated carbocycles. The Morgan fingerprint density at radius 2 is 1.85 bits per heavy atom. The number of hydrogen-bond donors (Lipinski definition) is 0. The number of benzene rings is 2. The van der Waals surface area contributed by atoms with Gasteiger partial charge in [0.05, 0.1) is 0 Å². The molecule has 2 bridgehead atoms.